The molecule has 1 N–H and O–H groups in total. The third kappa shape index (κ3) is 2.82. The average molecular weight is 222 g/mol. The highest BCUT2D eigenvalue weighted by Crippen LogP contribution is 2.33. The lowest BCUT2D eigenvalue weighted by Gasteiger charge is -2.09. The van der Waals surface area contributed by atoms with Crippen LogP contribution in [0.2, 0.25) is 0 Å². The van der Waals surface area contributed by atoms with Crippen LogP contribution in [0.5, 0.6) is 0 Å². The Morgan fingerprint density at radius 1 is 1.56 bits per heavy atom. The molecular formula is C12H22N4. The van der Waals surface area contributed by atoms with E-state index in [1.807, 2.05) is 4.68 Å². The fourth-order valence-electron chi connectivity index (χ4n) is 2.09. The molecule has 4 nitrogen and oxygen atoms in total. The molecule has 16 heavy (non-hydrogen) atoms. The monoisotopic (exact) mass is 222 g/mol. The summed E-state index contributed by atoms with van der Waals surface area (Å²) in [6, 6.07) is 0.717. The molecule has 1 saturated carbocycles. The summed E-state index contributed by atoms with van der Waals surface area (Å²) in [4.78, 5) is 4.31. The van der Waals surface area contributed by atoms with Crippen molar-refractivity contribution in [1.29, 1.82) is 0 Å². The molecule has 0 radical (unpaired) electrons. The maximum Gasteiger partial charge on any atom is 0.140 e. The second-order valence-electron chi connectivity index (χ2n) is 5.14. The van der Waals surface area contributed by atoms with E-state index in [2.05, 4.69) is 36.2 Å². The van der Waals surface area contributed by atoms with Crippen LogP contribution >= 0.6 is 0 Å². The van der Waals surface area contributed by atoms with Crippen molar-refractivity contribution in [2.45, 2.75) is 52.7 Å². The van der Waals surface area contributed by atoms with Gasteiger partial charge in [0, 0.05) is 12.6 Å². The molecule has 0 aromatic carbocycles. The first-order valence-electron chi connectivity index (χ1n) is 6.30. The fourth-order valence-corrected chi connectivity index (χ4v) is 2.09. The molecule has 1 aliphatic rings. The zero-order chi connectivity index (χ0) is 11.5. The van der Waals surface area contributed by atoms with E-state index in [9.17, 15) is 0 Å². The van der Waals surface area contributed by atoms with Gasteiger partial charge in [-0.3, -0.25) is 0 Å². The van der Waals surface area contributed by atoms with Crippen molar-refractivity contribution in [3.8, 4) is 0 Å². The molecule has 0 aliphatic heterocycles. The molecule has 1 fully saturated rings. The minimum atomic E-state index is 0.616. The average Bonchev–Trinajstić information content (AvgIpc) is 2.88. The smallest absolute Gasteiger partial charge is 0.140 e. The van der Waals surface area contributed by atoms with Crippen molar-refractivity contribution in [1.82, 2.24) is 20.1 Å². The van der Waals surface area contributed by atoms with Crippen molar-refractivity contribution in [3.63, 3.8) is 0 Å². The van der Waals surface area contributed by atoms with E-state index in [4.69, 9.17) is 0 Å². The Morgan fingerprint density at radius 3 is 3.00 bits per heavy atom. The Hall–Kier alpha value is -0.900. The van der Waals surface area contributed by atoms with Gasteiger partial charge in [-0.15, -0.1) is 0 Å². The van der Waals surface area contributed by atoms with E-state index in [0.717, 1.165) is 24.8 Å². The van der Waals surface area contributed by atoms with Crippen LogP contribution < -0.4 is 5.32 Å². The molecule has 2 unspecified atom stereocenters. The Kier molecular flexibility index (Phi) is 3.59. The first-order chi connectivity index (χ1) is 7.70. The Bertz CT molecular complexity index is 332. The lowest BCUT2D eigenvalue weighted by atomic mass is 10.2. The van der Waals surface area contributed by atoms with E-state index < -0.39 is 0 Å². The Balaban J connectivity index is 1.82. The van der Waals surface area contributed by atoms with E-state index in [1.165, 1.54) is 12.8 Å². The Morgan fingerprint density at radius 2 is 2.38 bits per heavy atom. The second kappa shape index (κ2) is 4.95. The van der Waals surface area contributed by atoms with Crippen molar-refractivity contribution < 1.29 is 0 Å². The summed E-state index contributed by atoms with van der Waals surface area (Å²) in [5, 5.41) is 7.81. The van der Waals surface area contributed by atoms with Gasteiger partial charge < -0.3 is 5.32 Å². The largest absolute Gasteiger partial charge is 0.307 e. The van der Waals surface area contributed by atoms with E-state index in [0.29, 0.717) is 12.0 Å². The second-order valence-corrected chi connectivity index (χ2v) is 5.14. The fraction of sp³-hybridized carbons (Fsp3) is 0.833. The number of hydrogen-bond donors (Lipinski definition) is 1. The van der Waals surface area contributed by atoms with Gasteiger partial charge in [0.1, 0.15) is 12.2 Å². The van der Waals surface area contributed by atoms with Gasteiger partial charge in [0.05, 0.1) is 6.54 Å². The van der Waals surface area contributed by atoms with Crippen molar-refractivity contribution in [2.75, 3.05) is 0 Å². The van der Waals surface area contributed by atoms with Crippen LogP contribution in [-0.4, -0.2) is 20.8 Å². The predicted octanol–water partition coefficient (Wildman–Crippen LogP) is 1.82. The quantitative estimate of drug-likeness (QED) is 0.798. The normalized spacial score (nSPS) is 24.0. The van der Waals surface area contributed by atoms with Crippen LogP contribution in [0.15, 0.2) is 6.33 Å². The van der Waals surface area contributed by atoms with Crippen LogP contribution in [0.25, 0.3) is 0 Å². The number of rotatable bonds is 6. The predicted molar refractivity (Wildman–Crippen MR) is 63.9 cm³/mol. The van der Waals surface area contributed by atoms with Gasteiger partial charge in [-0.05, 0) is 18.3 Å². The standard InChI is InChI=1S/C12H22N4/c1-4-10-5-11(10)13-6-12-14-8-15-16(12)7-9(2)3/h8-11,13H,4-7H2,1-3H3. The van der Waals surface area contributed by atoms with Crippen LogP contribution in [0, 0.1) is 11.8 Å². The lowest BCUT2D eigenvalue weighted by Crippen LogP contribution is -2.21. The van der Waals surface area contributed by atoms with Crippen molar-refractivity contribution in [2.24, 2.45) is 11.8 Å². The zero-order valence-corrected chi connectivity index (χ0v) is 10.5. The lowest BCUT2D eigenvalue weighted by molar-refractivity contribution is 0.455. The maximum atomic E-state index is 4.31. The molecular weight excluding hydrogens is 200 g/mol. The summed E-state index contributed by atoms with van der Waals surface area (Å²) in [5.74, 6) is 2.57. The molecule has 1 aromatic heterocycles. The summed E-state index contributed by atoms with van der Waals surface area (Å²) in [6.07, 6.45) is 4.27. The molecule has 0 saturated heterocycles. The summed E-state index contributed by atoms with van der Waals surface area (Å²) in [6.45, 7) is 8.47. The number of hydrogen-bond acceptors (Lipinski definition) is 3. The van der Waals surface area contributed by atoms with Crippen LogP contribution in [0.3, 0.4) is 0 Å². The van der Waals surface area contributed by atoms with E-state index in [1.54, 1.807) is 6.33 Å². The summed E-state index contributed by atoms with van der Waals surface area (Å²) >= 11 is 0. The Labute approximate surface area is 97.5 Å². The highest BCUT2D eigenvalue weighted by molar-refractivity contribution is 4.94. The van der Waals surface area contributed by atoms with Crippen LogP contribution in [0.4, 0.5) is 0 Å². The van der Waals surface area contributed by atoms with Gasteiger partial charge in [-0.25, -0.2) is 9.67 Å². The first kappa shape index (κ1) is 11.6. The summed E-state index contributed by atoms with van der Waals surface area (Å²) in [5.41, 5.74) is 0. The van der Waals surface area contributed by atoms with Crippen molar-refractivity contribution in [3.05, 3.63) is 12.2 Å². The van der Waals surface area contributed by atoms with Gasteiger partial charge in [-0.1, -0.05) is 27.2 Å². The molecule has 2 rings (SSSR count). The summed E-state index contributed by atoms with van der Waals surface area (Å²) < 4.78 is 2.01. The van der Waals surface area contributed by atoms with Crippen LogP contribution in [0.1, 0.15) is 39.4 Å². The van der Waals surface area contributed by atoms with Gasteiger partial charge in [-0.2, -0.15) is 5.10 Å². The SMILES string of the molecule is CCC1CC1NCc1ncnn1CC(C)C. The molecule has 0 amide bonds. The van der Waals surface area contributed by atoms with Crippen molar-refractivity contribution >= 4 is 0 Å². The highest BCUT2D eigenvalue weighted by atomic mass is 15.3. The third-order valence-electron chi connectivity index (χ3n) is 3.20. The zero-order valence-electron chi connectivity index (χ0n) is 10.5. The molecule has 4 heteroatoms. The number of nitrogens with zero attached hydrogens (tertiary/aromatic N) is 3. The van der Waals surface area contributed by atoms with Gasteiger partial charge >= 0.3 is 0 Å². The van der Waals surface area contributed by atoms with Gasteiger partial charge in [0.2, 0.25) is 0 Å². The van der Waals surface area contributed by atoms with Crippen LogP contribution in [-0.2, 0) is 13.1 Å². The van der Waals surface area contributed by atoms with E-state index in [-0.39, 0.29) is 0 Å². The molecule has 0 spiro atoms. The molecule has 2 atom stereocenters. The van der Waals surface area contributed by atoms with Gasteiger partial charge in [0.25, 0.3) is 0 Å². The minimum Gasteiger partial charge on any atom is -0.307 e. The molecule has 1 aliphatic carbocycles. The topological polar surface area (TPSA) is 42.7 Å². The third-order valence-corrected chi connectivity index (χ3v) is 3.20. The highest BCUT2D eigenvalue weighted by Gasteiger charge is 2.34. The molecule has 0 bridgehead atoms. The van der Waals surface area contributed by atoms with Gasteiger partial charge in [0.15, 0.2) is 0 Å². The first-order valence-corrected chi connectivity index (χ1v) is 6.30. The van der Waals surface area contributed by atoms with E-state index >= 15 is 0 Å². The number of aromatic nitrogens is 3. The maximum absolute atomic E-state index is 4.31. The molecule has 1 heterocycles. The number of nitrogens with one attached hydrogen (secondary N) is 1. The summed E-state index contributed by atoms with van der Waals surface area (Å²) in [7, 11) is 0. The molecule has 90 valence electrons. The minimum absolute atomic E-state index is 0.616. The molecule has 1 aromatic rings.